The number of carbonyl (C=O) groups excluding carboxylic acids is 1. The first-order chi connectivity index (χ1) is 6.43. The number of furan rings is 1. The Morgan fingerprint density at radius 2 is 2.07 bits per heavy atom. The zero-order valence-electron chi connectivity index (χ0n) is 8.98. The molecule has 0 amide bonds. The molecule has 0 N–H and O–H groups in total. The van der Waals surface area contributed by atoms with Gasteiger partial charge in [0.15, 0.2) is 10.5 Å². The van der Waals surface area contributed by atoms with Crippen molar-refractivity contribution in [2.75, 3.05) is 0 Å². The smallest absolute Gasteiger partial charge is 0.173 e. The summed E-state index contributed by atoms with van der Waals surface area (Å²) >= 11 is 3.31. The molecule has 1 heterocycles. The number of hydrogen-bond acceptors (Lipinski definition) is 2. The molecular weight excluding hydrogens is 244 g/mol. The van der Waals surface area contributed by atoms with Gasteiger partial charge >= 0.3 is 0 Å². The van der Waals surface area contributed by atoms with Gasteiger partial charge in [0.25, 0.3) is 0 Å². The van der Waals surface area contributed by atoms with Gasteiger partial charge in [-0.05, 0) is 35.7 Å². The number of ketones is 1. The van der Waals surface area contributed by atoms with Crippen molar-refractivity contribution in [1.29, 1.82) is 0 Å². The first kappa shape index (κ1) is 11.5. The molecule has 0 radical (unpaired) electrons. The zero-order chi connectivity index (χ0) is 10.9. The van der Waals surface area contributed by atoms with Gasteiger partial charge in [-0.25, -0.2) is 0 Å². The number of carbonyl (C=O) groups is 1. The number of Topliss-reactive ketones (excluding diaryl/α,β-unsaturated/α-hetero) is 1. The second kappa shape index (κ2) is 4.30. The van der Waals surface area contributed by atoms with Crippen LogP contribution >= 0.6 is 15.9 Å². The summed E-state index contributed by atoms with van der Waals surface area (Å²) in [7, 11) is 0. The van der Waals surface area contributed by atoms with Gasteiger partial charge in [-0.3, -0.25) is 4.79 Å². The van der Waals surface area contributed by atoms with Gasteiger partial charge in [0.2, 0.25) is 0 Å². The molecule has 0 aromatic carbocycles. The number of halogens is 1. The molecular formula is C11H15BrO2. The van der Waals surface area contributed by atoms with Crippen molar-refractivity contribution in [2.24, 2.45) is 5.92 Å². The second-order valence-electron chi connectivity index (χ2n) is 3.95. The van der Waals surface area contributed by atoms with Gasteiger partial charge in [0, 0.05) is 12.0 Å². The SMILES string of the molecule is CC(=O)c1c(CC(C)C)oc(Br)c1C. The van der Waals surface area contributed by atoms with Crippen LogP contribution in [0, 0.1) is 12.8 Å². The zero-order valence-corrected chi connectivity index (χ0v) is 10.6. The summed E-state index contributed by atoms with van der Waals surface area (Å²) in [4.78, 5) is 11.4. The predicted molar refractivity (Wildman–Crippen MR) is 59.7 cm³/mol. The Morgan fingerprint density at radius 3 is 2.50 bits per heavy atom. The Balaban J connectivity index is 3.15. The standard InChI is InChI=1S/C11H15BrO2/c1-6(2)5-9-10(8(4)13)7(3)11(12)14-9/h6H,5H2,1-4H3. The third-order valence-corrected chi connectivity index (χ3v) is 2.86. The van der Waals surface area contributed by atoms with E-state index in [1.807, 2.05) is 6.92 Å². The third-order valence-electron chi connectivity index (χ3n) is 2.11. The molecule has 1 aromatic rings. The summed E-state index contributed by atoms with van der Waals surface area (Å²) < 4.78 is 6.19. The monoisotopic (exact) mass is 258 g/mol. The highest BCUT2D eigenvalue weighted by atomic mass is 79.9. The van der Waals surface area contributed by atoms with E-state index in [1.54, 1.807) is 6.92 Å². The molecule has 1 rings (SSSR count). The van der Waals surface area contributed by atoms with Crippen LogP contribution in [0.3, 0.4) is 0 Å². The molecule has 0 aliphatic heterocycles. The molecule has 0 bridgehead atoms. The summed E-state index contributed by atoms with van der Waals surface area (Å²) in [5, 5.41) is 0. The van der Waals surface area contributed by atoms with Crippen LogP contribution in [0.1, 0.15) is 42.5 Å². The molecule has 0 aliphatic rings. The van der Waals surface area contributed by atoms with Crippen LogP contribution in [-0.4, -0.2) is 5.78 Å². The topological polar surface area (TPSA) is 30.2 Å². The normalized spacial score (nSPS) is 11.0. The molecule has 0 unspecified atom stereocenters. The van der Waals surface area contributed by atoms with E-state index in [2.05, 4.69) is 29.8 Å². The van der Waals surface area contributed by atoms with E-state index in [0.29, 0.717) is 10.6 Å². The largest absolute Gasteiger partial charge is 0.453 e. The van der Waals surface area contributed by atoms with Crippen LogP contribution in [0.15, 0.2) is 9.09 Å². The maximum Gasteiger partial charge on any atom is 0.173 e. The van der Waals surface area contributed by atoms with E-state index in [9.17, 15) is 4.79 Å². The Hall–Kier alpha value is -0.570. The Bertz CT molecular complexity index is 350. The van der Waals surface area contributed by atoms with Gasteiger partial charge in [-0.1, -0.05) is 13.8 Å². The Labute approximate surface area is 92.8 Å². The maximum absolute atomic E-state index is 11.4. The van der Waals surface area contributed by atoms with Crippen molar-refractivity contribution in [3.63, 3.8) is 0 Å². The van der Waals surface area contributed by atoms with Gasteiger partial charge in [0.1, 0.15) is 5.76 Å². The van der Waals surface area contributed by atoms with Gasteiger partial charge < -0.3 is 4.42 Å². The highest BCUT2D eigenvalue weighted by Crippen LogP contribution is 2.28. The molecule has 0 saturated carbocycles. The fourth-order valence-electron chi connectivity index (χ4n) is 1.52. The summed E-state index contributed by atoms with van der Waals surface area (Å²) in [6.45, 7) is 7.69. The van der Waals surface area contributed by atoms with Crippen molar-refractivity contribution in [1.82, 2.24) is 0 Å². The van der Waals surface area contributed by atoms with Crippen molar-refractivity contribution >= 4 is 21.7 Å². The fraction of sp³-hybridized carbons (Fsp3) is 0.545. The van der Waals surface area contributed by atoms with Crippen LogP contribution in [0.5, 0.6) is 0 Å². The summed E-state index contributed by atoms with van der Waals surface area (Å²) in [5.41, 5.74) is 1.65. The van der Waals surface area contributed by atoms with E-state index in [0.717, 1.165) is 23.3 Å². The van der Waals surface area contributed by atoms with Crippen LogP contribution in [0.2, 0.25) is 0 Å². The molecule has 0 atom stereocenters. The molecule has 0 aliphatic carbocycles. The van der Waals surface area contributed by atoms with Crippen molar-refractivity contribution < 1.29 is 9.21 Å². The lowest BCUT2D eigenvalue weighted by atomic mass is 10.0. The molecule has 0 fully saturated rings. The average molecular weight is 259 g/mol. The molecule has 2 nitrogen and oxygen atoms in total. The minimum Gasteiger partial charge on any atom is -0.453 e. The maximum atomic E-state index is 11.4. The fourth-order valence-corrected chi connectivity index (χ4v) is 1.91. The quantitative estimate of drug-likeness (QED) is 0.774. The third kappa shape index (κ3) is 2.27. The predicted octanol–water partition coefficient (Wildman–Crippen LogP) is 3.75. The van der Waals surface area contributed by atoms with Crippen LogP contribution in [0.4, 0.5) is 0 Å². The summed E-state index contributed by atoms with van der Waals surface area (Å²) in [6.07, 6.45) is 0.807. The Morgan fingerprint density at radius 1 is 1.50 bits per heavy atom. The average Bonchev–Trinajstić information content (AvgIpc) is 2.26. The van der Waals surface area contributed by atoms with E-state index in [-0.39, 0.29) is 5.78 Å². The number of rotatable bonds is 3. The van der Waals surface area contributed by atoms with Crippen LogP contribution in [-0.2, 0) is 6.42 Å². The second-order valence-corrected chi connectivity index (χ2v) is 4.67. The molecule has 0 saturated heterocycles. The first-order valence-electron chi connectivity index (χ1n) is 4.72. The Kier molecular flexibility index (Phi) is 3.53. The lowest BCUT2D eigenvalue weighted by Gasteiger charge is -2.02. The minimum atomic E-state index is 0.0765. The molecule has 78 valence electrons. The van der Waals surface area contributed by atoms with E-state index in [1.165, 1.54) is 0 Å². The highest BCUT2D eigenvalue weighted by Gasteiger charge is 2.19. The van der Waals surface area contributed by atoms with Crippen molar-refractivity contribution in [2.45, 2.75) is 34.1 Å². The molecule has 0 spiro atoms. The van der Waals surface area contributed by atoms with E-state index in [4.69, 9.17) is 4.42 Å². The highest BCUT2D eigenvalue weighted by molar-refractivity contribution is 9.10. The minimum absolute atomic E-state index is 0.0765. The molecule has 14 heavy (non-hydrogen) atoms. The number of hydrogen-bond donors (Lipinski definition) is 0. The molecule has 1 aromatic heterocycles. The van der Waals surface area contributed by atoms with Crippen molar-refractivity contribution in [3.8, 4) is 0 Å². The summed E-state index contributed by atoms with van der Waals surface area (Å²) in [6, 6.07) is 0. The van der Waals surface area contributed by atoms with Crippen LogP contribution in [0.25, 0.3) is 0 Å². The first-order valence-corrected chi connectivity index (χ1v) is 5.51. The van der Waals surface area contributed by atoms with Gasteiger partial charge in [0.05, 0.1) is 5.56 Å². The van der Waals surface area contributed by atoms with Crippen LogP contribution < -0.4 is 0 Å². The lowest BCUT2D eigenvalue weighted by molar-refractivity contribution is 0.101. The van der Waals surface area contributed by atoms with E-state index >= 15 is 0 Å². The van der Waals surface area contributed by atoms with Crippen molar-refractivity contribution in [3.05, 3.63) is 21.6 Å². The summed E-state index contributed by atoms with van der Waals surface area (Å²) in [5.74, 6) is 1.37. The van der Waals surface area contributed by atoms with Gasteiger partial charge in [-0.2, -0.15) is 0 Å². The van der Waals surface area contributed by atoms with E-state index < -0.39 is 0 Å². The molecule has 3 heteroatoms. The lowest BCUT2D eigenvalue weighted by Crippen LogP contribution is -2.01. The van der Waals surface area contributed by atoms with Gasteiger partial charge in [-0.15, -0.1) is 0 Å².